The molecule has 0 N–H and O–H groups in total. The Bertz CT molecular complexity index is 181. The van der Waals surface area contributed by atoms with Crippen molar-refractivity contribution in [3.05, 3.63) is 29.6 Å². The van der Waals surface area contributed by atoms with Gasteiger partial charge in [-0.15, -0.1) is 0 Å². The Morgan fingerprint density at radius 2 is 2.33 bits per heavy atom. The molecule has 1 rings (SSSR count). The van der Waals surface area contributed by atoms with Crippen LogP contribution in [0.3, 0.4) is 0 Å². The molecule has 0 radical (unpaired) electrons. The molecule has 0 bridgehead atoms. The van der Waals surface area contributed by atoms with Crippen molar-refractivity contribution >= 4 is 0 Å². The Morgan fingerprint density at radius 1 is 1.56 bits per heavy atom. The first kappa shape index (κ1) is 6.20. The molecule has 0 aliphatic carbocycles. The highest BCUT2D eigenvalue weighted by Gasteiger charge is 1.88. The lowest BCUT2D eigenvalue weighted by atomic mass is 10.3. The smallest absolute Gasteiger partial charge is 0.131 e. The van der Waals surface area contributed by atoms with Crippen molar-refractivity contribution < 1.29 is 4.39 Å². The van der Waals surface area contributed by atoms with E-state index < -0.39 is 6.67 Å². The van der Waals surface area contributed by atoms with Gasteiger partial charge in [-0.05, 0) is 18.6 Å². The molecule has 0 saturated heterocycles. The van der Waals surface area contributed by atoms with E-state index in [4.69, 9.17) is 0 Å². The van der Waals surface area contributed by atoms with E-state index in [0.29, 0.717) is 5.69 Å². The summed E-state index contributed by atoms with van der Waals surface area (Å²) in [4.78, 5) is 3.82. The van der Waals surface area contributed by atoms with Crippen molar-refractivity contribution in [2.24, 2.45) is 0 Å². The van der Waals surface area contributed by atoms with Crippen molar-refractivity contribution in [3.63, 3.8) is 0 Å². The van der Waals surface area contributed by atoms with Crippen LogP contribution in [0.25, 0.3) is 0 Å². The third kappa shape index (κ3) is 1.49. The van der Waals surface area contributed by atoms with Crippen molar-refractivity contribution in [2.75, 3.05) is 0 Å². The largest absolute Gasteiger partial charge is 0.258 e. The molecule has 2 heteroatoms. The second kappa shape index (κ2) is 2.58. The SMILES string of the molecule is Cc1ccc(CF)nc1. The third-order valence-corrected chi connectivity index (χ3v) is 1.11. The Labute approximate surface area is 53.5 Å². The van der Waals surface area contributed by atoms with Crippen LogP contribution in [0.2, 0.25) is 0 Å². The van der Waals surface area contributed by atoms with Gasteiger partial charge in [0.15, 0.2) is 0 Å². The van der Waals surface area contributed by atoms with E-state index in [1.54, 1.807) is 12.3 Å². The maximum Gasteiger partial charge on any atom is 0.131 e. The van der Waals surface area contributed by atoms with Gasteiger partial charge in [0, 0.05) is 6.20 Å². The quantitative estimate of drug-likeness (QED) is 0.558. The third-order valence-electron chi connectivity index (χ3n) is 1.11. The fraction of sp³-hybridized carbons (Fsp3) is 0.286. The fourth-order valence-electron chi connectivity index (χ4n) is 0.577. The lowest BCUT2D eigenvalue weighted by molar-refractivity contribution is 0.476. The van der Waals surface area contributed by atoms with Gasteiger partial charge in [0.1, 0.15) is 6.67 Å². The number of alkyl halides is 1. The summed E-state index contributed by atoms with van der Waals surface area (Å²) >= 11 is 0. The molecule has 1 heterocycles. The summed E-state index contributed by atoms with van der Waals surface area (Å²) in [6.07, 6.45) is 1.66. The Kier molecular flexibility index (Phi) is 1.78. The summed E-state index contributed by atoms with van der Waals surface area (Å²) in [6, 6.07) is 3.54. The zero-order valence-corrected chi connectivity index (χ0v) is 5.26. The van der Waals surface area contributed by atoms with Gasteiger partial charge in [-0.1, -0.05) is 6.07 Å². The molecule has 0 amide bonds. The number of rotatable bonds is 1. The van der Waals surface area contributed by atoms with Crippen LogP contribution in [0.4, 0.5) is 4.39 Å². The van der Waals surface area contributed by atoms with Crippen LogP contribution < -0.4 is 0 Å². The second-order valence-corrected chi connectivity index (χ2v) is 1.96. The van der Waals surface area contributed by atoms with Crippen molar-refractivity contribution in [3.8, 4) is 0 Å². The molecule has 0 atom stereocenters. The van der Waals surface area contributed by atoms with E-state index in [2.05, 4.69) is 4.98 Å². The highest BCUT2D eigenvalue weighted by Crippen LogP contribution is 1.98. The van der Waals surface area contributed by atoms with Gasteiger partial charge >= 0.3 is 0 Å². The number of halogens is 1. The average Bonchev–Trinajstić information content (AvgIpc) is 1.90. The molecule has 0 aliphatic heterocycles. The van der Waals surface area contributed by atoms with E-state index in [-0.39, 0.29) is 0 Å². The predicted octanol–water partition coefficient (Wildman–Crippen LogP) is 1.86. The number of aromatic nitrogens is 1. The Hall–Kier alpha value is -0.920. The average molecular weight is 125 g/mol. The molecule has 0 unspecified atom stereocenters. The lowest BCUT2D eigenvalue weighted by Gasteiger charge is -1.91. The molecule has 0 aromatic carbocycles. The maximum absolute atomic E-state index is 11.8. The minimum absolute atomic E-state index is 0.472. The van der Waals surface area contributed by atoms with Crippen LogP contribution in [0.5, 0.6) is 0 Å². The van der Waals surface area contributed by atoms with Gasteiger partial charge in [0.25, 0.3) is 0 Å². The minimum atomic E-state index is -0.472. The molecule has 1 aromatic rings. The number of nitrogens with zero attached hydrogens (tertiary/aromatic N) is 1. The van der Waals surface area contributed by atoms with Gasteiger partial charge in [-0.2, -0.15) is 0 Å². The highest BCUT2D eigenvalue weighted by atomic mass is 19.1. The summed E-state index contributed by atoms with van der Waals surface area (Å²) in [5.41, 5.74) is 1.56. The van der Waals surface area contributed by atoms with Crippen molar-refractivity contribution in [1.82, 2.24) is 4.98 Å². The molecule has 0 fully saturated rings. The van der Waals surface area contributed by atoms with Gasteiger partial charge in [-0.3, -0.25) is 4.98 Å². The van der Waals surface area contributed by atoms with E-state index in [9.17, 15) is 4.39 Å². The lowest BCUT2D eigenvalue weighted by Crippen LogP contribution is -1.83. The predicted molar refractivity (Wildman–Crippen MR) is 33.8 cm³/mol. The van der Waals surface area contributed by atoms with Gasteiger partial charge in [0.05, 0.1) is 5.69 Å². The van der Waals surface area contributed by atoms with Crippen LogP contribution in [0.1, 0.15) is 11.3 Å². The topological polar surface area (TPSA) is 12.9 Å². The fourth-order valence-corrected chi connectivity index (χ4v) is 0.577. The number of hydrogen-bond acceptors (Lipinski definition) is 1. The molecule has 0 saturated carbocycles. The number of pyridine rings is 1. The molecule has 1 aromatic heterocycles. The van der Waals surface area contributed by atoms with Crippen LogP contribution in [0.15, 0.2) is 18.3 Å². The number of aryl methyl sites for hydroxylation is 1. The summed E-state index contributed by atoms with van der Waals surface area (Å²) in [6.45, 7) is 1.45. The summed E-state index contributed by atoms with van der Waals surface area (Å²) < 4.78 is 11.8. The summed E-state index contributed by atoms with van der Waals surface area (Å²) in [5.74, 6) is 0. The van der Waals surface area contributed by atoms with Gasteiger partial charge < -0.3 is 0 Å². The first-order chi connectivity index (χ1) is 4.33. The molecule has 0 aliphatic rings. The Balaban J connectivity index is 2.88. The van der Waals surface area contributed by atoms with Crippen LogP contribution in [0, 0.1) is 6.92 Å². The number of hydrogen-bond donors (Lipinski definition) is 0. The zero-order valence-electron chi connectivity index (χ0n) is 5.26. The normalized spacial score (nSPS) is 9.56. The van der Waals surface area contributed by atoms with E-state index in [0.717, 1.165) is 5.56 Å². The molecule has 48 valence electrons. The first-order valence-electron chi connectivity index (χ1n) is 2.80. The summed E-state index contributed by atoms with van der Waals surface area (Å²) in [5, 5.41) is 0. The Morgan fingerprint density at radius 3 is 2.78 bits per heavy atom. The molecule has 1 nitrogen and oxygen atoms in total. The van der Waals surface area contributed by atoms with Crippen molar-refractivity contribution in [2.45, 2.75) is 13.6 Å². The van der Waals surface area contributed by atoms with E-state index >= 15 is 0 Å². The van der Waals surface area contributed by atoms with Crippen molar-refractivity contribution in [1.29, 1.82) is 0 Å². The van der Waals surface area contributed by atoms with Crippen LogP contribution >= 0.6 is 0 Å². The second-order valence-electron chi connectivity index (χ2n) is 1.96. The van der Waals surface area contributed by atoms with Gasteiger partial charge in [-0.25, -0.2) is 4.39 Å². The first-order valence-corrected chi connectivity index (χ1v) is 2.80. The zero-order chi connectivity index (χ0) is 6.69. The molecular formula is C7H8FN. The van der Waals surface area contributed by atoms with E-state index in [1.807, 2.05) is 13.0 Å². The maximum atomic E-state index is 11.8. The highest BCUT2D eigenvalue weighted by molar-refractivity contribution is 5.11. The van der Waals surface area contributed by atoms with Crippen LogP contribution in [-0.4, -0.2) is 4.98 Å². The molecule has 9 heavy (non-hydrogen) atoms. The molecule has 0 spiro atoms. The molecular weight excluding hydrogens is 117 g/mol. The standard InChI is InChI=1S/C7H8FN/c1-6-2-3-7(4-8)9-5-6/h2-3,5H,4H2,1H3. The van der Waals surface area contributed by atoms with E-state index in [1.165, 1.54) is 0 Å². The minimum Gasteiger partial charge on any atom is -0.258 e. The van der Waals surface area contributed by atoms with Gasteiger partial charge in [0.2, 0.25) is 0 Å². The summed E-state index contributed by atoms with van der Waals surface area (Å²) in [7, 11) is 0. The monoisotopic (exact) mass is 125 g/mol. The van der Waals surface area contributed by atoms with Crippen LogP contribution in [-0.2, 0) is 6.67 Å².